The molecule has 1 N–H and O–H groups in total. The Morgan fingerprint density at radius 1 is 1.55 bits per heavy atom. The summed E-state index contributed by atoms with van der Waals surface area (Å²) >= 11 is 1.64. The first-order valence-corrected chi connectivity index (χ1v) is 8.40. The summed E-state index contributed by atoms with van der Waals surface area (Å²) in [6, 6.07) is 4.02. The maximum atomic E-state index is 12.6. The van der Waals surface area contributed by atoms with E-state index in [1.807, 2.05) is 37.8 Å². The second kappa shape index (κ2) is 6.12. The molecule has 1 fully saturated rings. The van der Waals surface area contributed by atoms with E-state index in [1.54, 1.807) is 17.6 Å². The Morgan fingerprint density at radius 2 is 2.32 bits per heavy atom. The molecule has 2 aromatic rings. The molecule has 0 unspecified atom stereocenters. The van der Waals surface area contributed by atoms with Gasteiger partial charge >= 0.3 is 6.03 Å². The lowest BCUT2D eigenvalue weighted by molar-refractivity contribution is 0.166. The van der Waals surface area contributed by atoms with Crippen LogP contribution in [0, 0.1) is 13.8 Å². The first-order valence-electron chi connectivity index (χ1n) is 7.58. The van der Waals surface area contributed by atoms with Crippen LogP contribution in [0.2, 0.25) is 0 Å². The number of rotatable bonds is 5. The number of nitrogens with one attached hydrogen (secondary N) is 1. The Morgan fingerprint density at radius 3 is 2.86 bits per heavy atom. The van der Waals surface area contributed by atoms with E-state index in [-0.39, 0.29) is 12.1 Å². The standard InChI is InChI=1S/C16H21N3O2S/c1-10-15(22-12(3)18-10)9-17-16(20)19(13-6-7-13)11(2)14-5-4-8-21-14/h4-5,8,11,13H,6-7,9H2,1-3H3,(H,17,20)/t11-/m0/s1. The predicted molar refractivity (Wildman–Crippen MR) is 85.8 cm³/mol. The van der Waals surface area contributed by atoms with Crippen molar-refractivity contribution in [3.63, 3.8) is 0 Å². The maximum absolute atomic E-state index is 12.6. The van der Waals surface area contributed by atoms with Crippen LogP contribution < -0.4 is 5.32 Å². The van der Waals surface area contributed by atoms with Gasteiger partial charge in [-0.3, -0.25) is 0 Å². The van der Waals surface area contributed by atoms with E-state index in [2.05, 4.69) is 10.3 Å². The number of furan rings is 1. The molecule has 0 bridgehead atoms. The van der Waals surface area contributed by atoms with E-state index >= 15 is 0 Å². The number of carbonyl (C=O) groups is 1. The fraction of sp³-hybridized carbons (Fsp3) is 0.500. The Hall–Kier alpha value is -1.82. The largest absolute Gasteiger partial charge is 0.467 e. The van der Waals surface area contributed by atoms with Crippen LogP contribution in [-0.4, -0.2) is 22.0 Å². The summed E-state index contributed by atoms with van der Waals surface area (Å²) in [7, 11) is 0. The summed E-state index contributed by atoms with van der Waals surface area (Å²) < 4.78 is 5.46. The van der Waals surface area contributed by atoms with Gasteiger partial charge in [-0.05, 0) is 45.7 Å². The second-order valence-corrected chi connectivity index (χ2v) is 7.02. The van der Waals surface area contributed by atoms with Crippen molar-refractivity contribution in [1.29, 1.82) is 0 Å². The molecule has 0 aromatic carbocycles. The minimum absolute atomic E-state index is 0.0307. The van der Waals surface area contributed by atoms with Crippen LogP contribution in [0.25, 0.3) is 0 Å². The van der Waals surface area contributed by atoms with Crippen LogP contribution in [0.15, 0.2) is 22.8 Å². The van der Waals surface area contributed by atoms with Gasteiger partial charge in [0.25, 0.3) is 0 Å². The molecule has 1 aliphatic rings. The topological polar surface area (TPSA) is 58.4 Å². The summed E-state index contributed by atoms with van der Waals surface area (Å²) in [5, 5.41) is 4.07. The Bertz CT molecular complexity index is 646. The number of amides is 2. The Kier molecular flexibility index (Phi) is 4.20. The number of aromatic nitrogens is 1. The van der Waals surface area contributed by atoms with Crippen molar-refractivity contribution in [2.24, 2.45) is 0 Å². The smallest absolute Gasteiger partial charge is 0.318 e. The van der Waals surface area contributed by atoms with Crippen LogP contribution in [0.4, 0.5) is 4.79 Å². The van der Waals surface area contributed by atoms with Crippen molar-refractivity contribution >= 4 is 17.4 Å². The van der Waals surface area contributed by atoms with Crippen molar-refractivity contribution in [3.8, 4) is 0 Å². The summed E-state index contributed by atoms with van der Waals surface area (Å²) in [4.78, 5) is 20.0. The third kappa shape index (κ3) is 3.16. The highest BCUT2D eigenvalue weighted by Gasteiger charge is 2.37. The van der Waals surface area contributed by atoms with Crippen molar-refractivity contribution in [2.45, 2.75) is 52.2 Å². The molecule has 0 aliphatic heterocycles. The van der Waals surface area contributed by atoms with Crippen LogP contribution in [0.1, 0.15) is 47.1 Å². The van der Waals surface area contributed by atoms with Gasteiger partial charge in [-0.1, -0.05) is 0 Å². The zero-order valence-corrected chi connectivity index (χ0v) is 13.9. The number of aryl methyl sites for hydroxylation is 2. The minimum Gasteiger partial charge on any atom is -0.467 e. The molecule has 2 aromatic heterocycles. The van der Waals surface area contributed by atoms with E-state index < -0.39 is 0 Å². The number of hydrogen-bond acceptors (Lipinski definition) is 4. The minimum atomic E-state index is -0.0493. The quantitative estimate of drug-likeness (QED) is 0.912. The summed E-state index contributed by atoms with van der Waals surface area (Å²) in [6.45, 7) is 6.51. The molecule has 22 heavy (non-hydrogen) atoms. The Labute approximate surface area is 134 Å². The molecule has 1 aliphatic carbocycles. The van der Waals surface area contributed by atoms with Gasteiger partial charge in [-0.15, -0.1) is 11.3 Å². The lowest BCUT2D eigenvalue weighted by atomic mass is 10.2. The van der Waals surface area contributed by atoms with E-state index in [9.17, 15) is 4.79 Å². The molecule has 1 atom stereocenters. The highest BCUT2D eigenvalue weighted by Crippen LogP contribution is 2.34. The molecule has 0 spiro atoms. The summed E-state index contributed by atoms with van der Waals surface area (Å²) in [6.07, 6.45) is 3.78. The third-order valence-electron chi connectivity index (χ3n) is 3.95. The van der Waals surface area contributed by atoms with Crippen molar-refractivity contribution in [3.05, 3.63) is 39.7 Å². The van der Waals surface area contributed by atoms with Gasteiger partial charge in [0.15, 0.2) is 0 Å². The average Bonchev–Trinajstić information content (AvgIpc) is 3.03. The van der Waals surface area contributed by atoms with E-state index in [0.29, 0.717) is 12.6 Å². The van der Waals surface area contributed by atoms with E-state index in [4.69, 9.17) is 4.42 Å². The van der Waals surface area contributed by atoms with Gasteiger partial charge in [-0.2, -0.15) is 0 Å². The average molecular weight is 319 g/mol. The molecule has 1 saturated carbocycles. The Balaban J connectivity index is 1.67. The van der Waals surface area contributed by atoms with Crippen LogP contribution in [0.5, 0.6) is 0 Å². The van der Waals surface area contributed by atoms with Crippen LogP contribution >= 0.6 is 11.3 Å². The highest BCUT2D eigenvalue weighted by atomic mass is 32.1. The van der Waals surface area contributed by atoms with Crippen molar-refractivity contribution in [2.75, 3.05) is 0 Å². The molecule has 118 valence electrons. The molecule has 3 rings (SSSR count). The number of carbonyl (C=O) groups excluding carboxylic acids is 1. The van der Waals surface area contributed by atoms with E-state index in [0.717, 1.165) is 34.2 Å². The molecule has 2 amide bonds. The fourth-order valence-corrected chi connectivity index (χ4v) is 3.54. The fourth-order valence-electron chi connectivity index (χ4n) is 2.66. The molecule has 6 heteroatoms. The van der Waals surface area contributed by atoms with Gasteiger partial charge in [0.2, 0.25) is 0 Å². The first-order chi connectivity index (χ1) is 10.6. The van der Waals surface area contributed by atoms with Gasteiger partial charge < -0.3 is 14.6 Å². The number of hydrogen-bond donors (Lipinski definition) is 1. The molecule has 5 nitrogen and oxygen atoms in total. The zero-order chi connectivity index (χ0) is 15.7. The summed E-state index contributed by atoms with van der Waals surface area (Å²) in [5.41, 5.74) is 1.000. The molecule has 0 radical (unpaired) electrons. The predicted octanol–water partition coefficient (Wildman–Crippen LogP) is 3.79. The lowest BCUT2D eigenvalue weighted by Crippen LogP contribution is -2.42. The van der Waals surface area contributed by atoms with E-state index in [1.165, 1.54) is 0 Å². The van der Waals surface area contributed by atoms with Crippen molar-refractivity contribution < 1.29 is 9.21 Å². The highest BCUT2D eigenvalue weighted by molar-refractivity contribution is 7.11. The normalized spacial score (nSPS) is 15.6. The van der Waals surface area contributed by atoms with Crippen LogP contribution in [0.3, 0.4) is 0 Å². The number of nitrogens with zero attached hydrogens (tertiary/aromatic N) is 2. The first kappa shape index (κ1) is 15.1. The van der Waals surface area contributed by atoms with Crippen LogP contribution in [-0.2, 0) is 6.54 Å². The number of thiazole rings is 1. The van der Waals surface area contributed by atoms with Gasteiger partial charge in [0.05, 0.1) is 29.6 Å². The molecule has 0 saturated heterocycles. The van der Waals surface area contributed by atoms with Gasteiger partial charge in [0.1, 0.15) is 5.76 Å². The number of urea groups is 1. The monoisotopic (exact) mass is 319 g/mol. The van der Waals surface area contributed by atoms with Crippen molar-refractivity contribution in [1.82, 2.24) is 15.2 Å². The molecule has 2 heterocycles. The lowest BCUT2D eigenvalue weighted by Gasteiger charge is -2.28. The van der Waals surface area contributed by atoms with Gasteiger partial charge in [-0.25, -0.2) is 9.78 Å². The summed E-state index contributed by atoms with van der Waals surface area (Å²) in [5.74, 6) is 0.826. The SMILES string of the molecule is Cc1nc(C)c(CNC(=O)N(C2CC2)[C@@H](C)c2ccco2)s1. The third-order valence-corrected chi connectivity index (χ3v) is 5.02. The van der Waals surface area contributed by atoms with Gasteiger partial charge in [0, 0.05) is 10.9 Å². The molecular formula is C16H21N3O2S. The molecular weight excluding hydrogens is 298 g/mol. The second-order valence-electron chi connectivity index (χ2n) is 5.73. The maximum Gasteiger partial charge on any atom is 0.318 e. The zero-order valence-electron chi connectivity index (χ0n) is 13.1.